The molecule has 6 heteroatoms. The Kier molecular flexibility index (Phi) is 5.76. The lowest BCUT2D eigenvalue weighted by Crippen LogP contribution is -2.51. The molecule has 0 bridgehead atoms. The summed E-state index contributed by atoms with van der Waals surface area (Å²) in [6.07, 6.45) is 2.26. The maximum absolute atomic E-state index is 12.6. The number of nitrogens with zero attached hydrogens (tertiary/aromatic N) is 2. The van der Waals surface area contributed by atoms with Gasteiger partial charge in [-0.15, -0.1) is 12.4 Å². The number of nitrogen functional groups attached to an aromatic ring is 1. The lowest BCUT2D eigenvalue weighted by molar-refractivity contribution is -0.141. The van der Waals surface area contributed by atoms with Gasteiger partial charge in [-0.1, -0.05) is 6.07 Å². The monoisotopic (exact) mass is 339 g/mol. The molecule has 1 saturated heterocycles. The SMILES string of the molecule is CC1CN(C(=O)CN2CCCc3c(N)cccc32)CC(C)O1.Cl. The van der Waals surface area contributed by atoms with E-state index in [1.54, 1.807) is 0 Å². The first-order chi connectivity index (χ1) is 10.5. The third-order valence-corrected chi connectivity index (χ3v) is 4.48. The summed E-state index contributed by atoms with van der Waals surface area (Å²) in [6.45, 7) is 6.74. The Labute approximate surface area is 144 Å². The maximum Gasteiger partial charge on any atom is 0.242 e. The fraction of sp³-hybridized carbons (Fsp3) is 0.588. The molecule has 1 fully saturated rings. The highest BCUT2D eigenvalue weighted by molar-refractivity contribution is 5.85. The standard InChI is InChI=1S/C17H25N3O2.ClH/c1-12-9-20(10-13(2)22-12)17(21)11-19-8-4-5-14-15(18)6-3-7-16(14)19;/h3,6-7,12-13H,4-5,8-11,18H2,1-2H3;1H. The number of morpholine rings is 1. The van der Waals surface area contributed by atoms with Crippen molar-refractivity contribution >= 4 is 29.7 Å². The number of halogens is 1. The largest absolute Gasteiger partial charge is 0.398 e. The summed E-state index contributed by atoms with van der Waals surface area (Å²) in [4.78, 5) is 16.7. The third kappa shape index (κ3) is 3.90. The van der Waals surface area contributed by atoms with Crippen LogP contribution in [0.5, 0.6) is 0 Å². The molecule has 1 aromatic carbocycles. The number of amides is 1. The Bertz CT molecular complexity index is 557. The predicted octanol–water partition coefficient (Wildman–Crippen LogP) is 2.08. The van der Waals surface area contributed by atoms with Crippen LogP contribution in [0, 0.1) is 0 Å². The lowest BCUT2D eigenvalue weighted by atomic mass is 10.00. The molecule has 2 aliphatic rings. The Hall–Kier alpha value is -1.46. The second-order valence-corrected chi connectivity index (χ2v) is 6.43. The van der Waals surface area contributed by atoms with Crippen LogP contribution >= 0.6 is 12.4 Å². The number of fused-ring (bicyclic) bond motifs is 1. The quantitative estimate of drug-likeness (QED) is 0.838. The van der Waals surface area contributed by atoms with Crippen molar-refractivity contribution in [3.63, 3.8) is 0 Å². The normalized spacial score (nSPS) is 23.9. The van der Waals surface area contributed by atoms with Gasteiger partial charge in [-0.25, -0.2) is 0 Å². The van der Waals surface area contributed by atoms with Gasteiger partial charge in [0.2, 0.25) is 5.91 Å². The molecule has 5 nitrogen and oxygen atoms in total. The van der Waals surface area contributed by atoms with Crippen molar-refractivity contribution in [1.82, 2.24) is 4.90 Å². The summed E-state index contributed by atoms with van der Waals surface area (Å²) in [6, 6.07) is 5.98. The highest BCUT2D eigenvalue weighted by atomic mass is 35.5. The van der Waals surface area contributed by atoms with Gasteiger partial charge in [0, 0.05) is 31.0 Å². The van der Waals surface area contributed by atoms with Gasteiger partial charge in [-0.3, -0.25) is 4.79 Å². The van der Waals surface area contributed by atoms with E-state index in [1.807, 2.05) is 30.9 Å². The second kappa shape index (κ2) is 7.41. The molecular weight excluding hydrogens is 314 g/mol. The van der Waals surface area contributed by atoms with Crippen LogP contribution in [-0.2, 0) is 16.0 Å². The van der Waals surface area contributed by atoms with Crippen molar-refractivity contribution in [3.05, 3.63) is 23.8 Å². The van der Waals surface area contributed by atoms with E-state index in [-0.39, 0.29) is 30.5 Å². The molecule has 2 N–H and O–H groups in total. The van der Waals surface area contributed by atoms with Crippen molar-refractivity contribution in [2.24, 2.45) is 0 Å². The lowest BCUT2D eigenvalue weighted by Gasteiger charge is -2.38. The second-order valence-electron chi connectivity index (χ2n) is 6.43. The van der Waals surface area contributed by atoms with Crippen LogP contribution in [0.15, 0.2) is 18.2 Å². The number of ether oxygens (including phenoxy) is 1. The molecule has 2 atom stereocenters. The molecule has 128 valence electrons. The summed E-state index contributed by atoms with van der Waals surface area (Å²) >= 11 is 0. The number of nitrogens with two attached hydrogens (primary N) is 1. The van der Waals surface area contributed by atoms with E-state index in [1.165, 1.54) is 5.56 Å². The van der Waals surface area contributed by atoms with Gasteiger partial charge in [-0.2, -0.15) is 0 Å². The van der Waals surface area contributed by atoms with Gasteiger partial charge in [-0.05, 0) is 44.4 Å². The number of benzene rings is 1. The zero-order valence-corrected chi connectivity index (χ0v) is 14.6. The Morgan fingerprint density at radius 3 is 2.70 bits per heavy atom. The molecule has 0 aliphatic carbocycles. The Balaban J connectivity index is 0.00000192. The van der Waals surface area contributed by atoms with Gasteiger partial charge in [0.1, 0.15) is 0 Å². The van der Waals surface area contributed by atoms with E-state index in [4.69, 9.17) is 10.5 Å². The fourth-order valence-corrected chi connectivity index (χ4v) is 3.54. The van der Waals surface area contributed by atoms with Crippen molar-refractivity contribution in [3.8, 4) is 0 Å². The average Bonchev–Trinajstić information content (AvgIpc) is 2.47. The molecule has 1 aromatic rings. The molecular formula is C17H26ClN3O2. The summed E-state index contributed by atoms with van der Waals surface area (Å²) in [5.41, 5.74) is 9.22. The zero-order chi connectivity index (χ0) is 15.7. The van der Waals surface area contributed by atoms with Crippen LogP contribution < -0.4 is 10.6 Å². The fourth-order valence-electron chi connectivity index (χ4n) is 3.54. The average molecular weight is 340 g/mol. The van der Waals surface area contributed by atoms with E-state index in [0.29, 0.717) is 19.6 Å². The van der Waals surface area contributed by atoms with Crippen LogP contribution in [0.2, 0.25) is 0 Å². The summed E-state index contributed by atoms with van der Waals surface area (Å²) in [5, 5.41) is 0. The summed E-state index contributed by atoms with van der Waals surface area (Å²) in [7, 11) is 0. The number of carbonyl (C=O) groups is 1. The van der Waals surface area contributed by atoms with Crippen molar-refractivity contribution in [2.75, 3.05) is 36.8 Å². The number of hydrogen-bond donors (Lipinski definition) is 1. The predicted molar refractivity (Wildman–Crippen MR) is 95.2 cm³/mol. The number of anilines is 2. The molecule has 23 heavy (non-hydrogen) atoms. The van der Waals surface area contributed by atoms with E-state index < -0.39 is 0 Å². The molecule has 0 saturated carbocycles. The van der Waals surface area contributed by atoms with E-state index in [0.717, 1.165) is 30.8 Å². The van der Waals surface area contributed by atoms with Crippen molar-refractivity contribution in [2.45, 2.75) is 38.9 Å². The van der Waals surface area contributed by atoms with E-state index >= 15 is 0 Å². The minimum Gasteiger partial charge on any atom is -0.398 e. The van der Waals surface area contributed by atoms with E-state index in [2.05, 4.69) is 11.0 Å². The topological polar surface area (TPSA) is 58.8 Å². The number of carbonyl (C=O) groups excluding carboxylic acids is 1. The highest BCUT2D eigenvalue weighted by Gasteiger charge is 2.28. The zero-order valence-electron chi connectivity index (χ0n) is 13.8. The van der Waals surface area contributed by atoms with Gasteiger partial charge < -0.3 is 20.3 Å². The molecule has 2 unspecified atom stereocenters. The highest BCUT2D eigenvalue weighted by Crippen LogP contribution is 2.31. The van der Waals surface area contributed by atoms with Gasteiger partial charge >= 0.3 is 0 Å². The van der Waals surface area contributed by atoms with Gasteiger partial charge in [0.25, 0.3) is 0 Å². The van der Waals surface area contributed by atoms with Crippen LogP contribution in [-0.4, -0.2) is 49.2 Å². The van der Waals surface area contributed by atoms with Gasteiger partial charge in [0.05, 0.1) is 18.8 Å². The number of hydrogen-bond acceptors (Lipinski definition) is 4. The molecule has 0 radical (unpaired) electrons. The van der Waals surface area contributed by atoms with E-state index in [9.17, 15) is 4.79 Å². The third-order valence-electron chi connectivity index (χ3n) is 4.48. The smallest absolute Gasteiger partial charge is 0.242 e. The minimum absolute atomic E-state index is 0. The first-order valence-corrected chi connectivity index (χ1v) is 8.10. The molecule has 2 heterocycles. The first-order valence-electron chi connectivity index (χ1n) is 8.10. The van der Waals surface area contributed by atoms with Crippen molar-refractivity contribution in [1.29, 1.82) is 0 Å². The molecule has 0 spiro atoms. The molecule has 3 rings (SSSR count). The molecule has 1 amide bonds. The van der Waals surface area contributed by atoms with Crippen LogP contribution in [0.4, 0.5) is 11.4 Å². The minimum atomic E-state index is 0. The molecule has 2 aliphatic heterocycles. The Morgan fingerprint density at radius 2 is 2.00 bits per heavy atom. The van der Waals surface area contributed by atoms with Crippen LogP contribution in [0.3, 0.4) is 0 Å². The Morgan fingerprint density at radius 1 is 1.30 bits per heavy atom. The number of rotatable bonds is 2. The molecule has 0 aromatic heterocycles. The maximum atomic E-state index is 12.6. The van der Waals surface area contributed by atoms with Crippen molar-refractivity contribution < 1.29 is 9.53 Å². The summed E-state index contributed by atoms with van der Waals surface area (Å²) in [5.74, 6) is 0.178. The first kappa shape index (κ1) is 17.9. The summed E-state index contributed by atoms with van der Waals surface area (Å²) < 4.78 is 5.70. The van der Waals surface area contributed by atoms with Crippen LogP contribution in [0.25, 0.3) is 0 Å². The van der Waals surface area contributed by atoms with Crippen LogP contribution in [0.1, 0.15) is 25.8 Å². The van der Waals surface area contributed by atoms with Gasteiger partial charge in [0.15, 0.2) is 0 Å².